The van der Waals surface area contributed by atoms with E-state index in [0.717, 1.165) is 17.8 Å². The zero-order valence-electron chi connectivity index (χ0n) is 8.80. The Balaban J connectivity index is 2.95. The molecule has 1 aromatic heterocycles. The number of aliphatic hydroxyl groups excluding tert-OH is 1. The Morgan fingerprint density at radius 2 is 2.20 bits per heavy atom. The number of aliphatic hydroxyl groups is 1. The van der Waals surface area contributed by atoms with Gasteiger partial charge < -0.3 is 5.11 Å². The molecule has 1 aromatic rings. The van der Waals surface area contributed by atoms with Gasteiger partial charge in [0.25, 0.3) is 10.0 Å². The zero-order chi connectivity index (χ0) is 11.5. The molecule has 0 atom stereocenters. The van der Waals surface area contributed by atoms with Gasteiger partial charge in [0.2, 0.25) is 0 Å². The normalized spacial score (nSPS) is 12.3. The quantitative estimate of drug-likeness (QED) is 0.855. The summed E-state index contributed by atoms with van der Waals surface area (Å²) in [5.41, 5.74) is 0.642. The second kappa shape index (κ2) is 5.07. The van der Waals surface area contributed by atoms with Crippen LogP contribution in [-0.2, 0) is 16.6 Å². The number of hydrogen-bond donors (Lipinski definition) is 1. The minimum atomic E-state index is -3.35. The minimum Gasteiger partial charge on any atom is -0.392 e. The van der Waals surface area contributed by atoms with Crippen molar-refractivity contribution < 1.29 is 13.5 Å². The highest BCUT2D eigenvalue weighted by Crippen LogP contribution is 2.23. The van der Waals surface area contributed by atoms with Crippen molar-refractivity contribution in [1.82, 2.24) is 4.31 Å². The maximum Gasteiger partial charge on any atom is 0.252 e. The molecule has 4 nitrogen and oxygen atoms in total. The van der Waals surface area contributed by atoms with E-state index in [1.807, 2.05) is 6.92 Å². The van der Waals surface area contributed by atoms with Crippen molar-refractivity contribution in [2.24, 2.45) is 0 Å². The van der Waals surface area contributed by atoms with Crippen LogP contribution in [0.4, 0.5) is 0 Å². The van der Waals surface area contributed by atoms with Crippen molar-refractivity contribution in [3.8, 4) is 0 Å². The SMILES string of the molecule is CCCN(C)S(=O)(=O)c1cc(CO)cs1. The third-order valence-corrected chi connectivity index (χ3v) is 5.34. The standard InChI is InChI=1S/C9H15NO3S2/c1-3-4-10(2)15(12,13)9-5-8(6-11)7-14-9/h5,7,11H,3-4,6H2,1-2H3. The molecule has 0 spiro atoms. The van der Waals surface area contributed by atoms with Crippen LogP contribution < -0.4 is 0 Å². The summed E-state index contributed by atoms with van der Waals surface area (Å²) in [4.78, 5) is 0. The molecule has 0 unspecified atom stereocenters. The van der Waals surface area contributed by atoms with Gasteiger partial charge in [-0.3, -0.25) is 0 Å². The molecule has 1 N–H and O–H groups in total. The molecule has 0 aliphatic carbocycles. The second-order valence-electron chi connectivity index (χ2n) is 3.26. The van der Waals surface area contributed by atoms with Crippen LogP contribution in [0.3, 0.4) is 0 Å². The van der Waals surface area contributed by atoms with Crippen LogP contribution in [0, 0.1) is 0 Å². The summed E-state index contributed by atoms with van der Waals surface area (Å²) in [5.74, 6) is 0. The predicted octanol–water partition coefficient (Wildman–Crippen LogP) is 1.27. The number of thiophene rings is 1. The van der Waals surface area contributed by atoms with Gasteiger partial charge in [0.1, 0.15) is 4.21 Å². The Labute approximate surface area is 94.2 Å². The first kappa shape index (κ1) is 12.6. The number of rotatable bonds is 5. The van der Waals surface area contributed by atoms with Gasteiger partial charge in [-0.1, -0.05) is 6.92 Å². The largest absolute Gasteiger partial charge is 0.392 e. The summed E-state index contributed by atoms with van der Waals surface area (Å²) in [5, 5.41) is 10.5. The van der Waals surface area contributed by atoms with E-state index in [1.54, 1.807) is 12.4 Å². The molecule has 0 aliphatic heterocycles. The van der Waals surface area contributed by atoms with E-state index in [1.165, 1.54) is 10.4 Å². The van der Waals surface area contributed by atoms with Crippen molar-refractivity contribution in [3.63, 3.8) is 0 Å². The number of sulfonamides is 1. The van der Waals surface area contributed by atoms with Gasteiger partial charge in [0.15, 0.2) is 0 Å². The van der Waals surface area contributed by atoms with E-state index in [9.17, 15) is 8.42 Å². The Morgan fingerprint density at radius 1 is 1.53 bits per heavy atom. The summed E-state index contributed by atoms with van der Waals surface area (Å²) in [6.07, 6.45) is 0.786. The van der Waals surface area contributed by atoms with Gasteiger partial charge in [-0.2, -0.15) is 0 Å². The van der Waals surface area contributed by atoms with E-state index in [2.05, 4.69) is 0 Å². The molecule has 0 radical (unpaired) electrons. The van der Waals surface area contributed by atoms with Gasteiger partial charge >= 0.3 is 0 Å². The molecule has 0 saturated heterocycles. The van der Waals surface area contributed by atoms with Gasteiger partial charge in [0.05, 0.1) is 6.61 Å². The molecule has 0 saturated carbocycles. The first-order chi connectivity index (χ1) is 7.02. The average molecular weight is 249 g/mol. The van der Waals surface area contributed by atoms with E-state index in [0.29, 0.717) is 16.3 Å². The number of nitrogens with zero attached hydrogens (tertiary/aromatic N) is 1. The summed E-state index contributed by atoms with van der Waals surface area (Å²) in [6, 6.07) is 1.52. The number of hydrogen-bond acceptors (Lipinski definition) is 4. The highest BCUT2D eigenvalue weighted by Gasteiger charge is 2.21. The van der Waals surface area contributed by atoms with E-state index in [-0.39, 0.29) is 6.61 Å². The van der Waals surface area contributed by atoms with Crippen LogP contribution in [0.15, 0.2) is 15.7 Å². The maximum absolute atomic E-state index is 11.9. The first-order valence-corrected chi connectivity index (χ1v) is 6.99. The minimum absolute atomic E-state index is 0.122. The summed E-state index contributed by atoms with van der Waals surface area (Å²) in [6.45, 7) is 2.32. The molecule has 86 valence electrons. The first-order valence-electron chi connectivity index (χ1n) is 4.67. The van der Waals surface area contributed by atoms with Crippen LogP contribution in [0.1, 0.15) is 18.9 Å². The maximum atomic E-state index is 11.9. The van der Waals surface area contributed by atoms with Crippen LogP contribution in [0.25, 0.3) is 0 Å². The molecule has 0 bridgehead atoms. The molecule has 1 heterocycles. The lowest BCUT2D eigenvalue weighted by Crippen LogP contribution is -2.26. The second-order valence-corrected chi connectivity index (χ2v) is 6.44. The van der Waals surface area contributed by atoms with Crippen molar-refractivity contribution in [2.75, 3.05) is 13.6 Å². The van der Waals surface area contributed by atoms with Crippen LogP contribution in [0.2, 0.25) is 0 Å². The lowest BCUT2D eigenvalue weighted by Gasteiger charge is -2.14. The Bertz CT molecular complexity index is 411. The highest BCUT2D eigenvalue weighted by molar-refractivity contribution is 7.91. The Kier molecular flexibility index (Phi) is 4.27. The Hall–Kier alpha value is -0.430. The average Bonchev–Trinajstić information content (AvgIpc) is 2.66. The van der Waals surface area contributed by atoms with Crippen molar-refractivity contribution in [1.29, 1.82) is 0 Å². The van der Waals surface area contributed by atoms with Crippen molar-refractivity contribution in [2.45, 2.75) is 24.2 Å². The van der Waals surface area contributed by atoms with Crippen LogP contribution >= 0.6 is 11.3 Å². The lowest BCUT2D eigenvalue weighted by atomic mass is 10.4. The Morgan fingerprint density at radius 3 is 2.67 bits per heavy atom. The molecular weight excluding hydrogens is 234 g/mol. The predicted molar refractivity (Wildman–Crippen MR) is 60.3 cm³/mol. The molecule has 1 rings (SSSR count). The summed E-state index contributed by atoms with van der Waals surface area (Å²) >= 11 is 1.15. The van der Waals surface area contributed by atoms with Crippen molar-refractivity contribution >= 4 is 21.4 Å². The zero-order valence-corrected chi connectivity index (χ0v) is 10.4. The third-order valence-electron chi connectivity index (χ3n) is 2.02. The molecule has 6 heteroatoms. The lowest BCUT2D eigenvalue weighted by molar-refractivity contribution is 0.282. The fourth-order valence-electron chi connectivity index (χ4n) is 1.16. The fraction of sp³-hybridized carbons (Fsp3) is 0.556. The van der Waals surface area contributed by atoms with Crippen LogP contribution in [0.5, 0.6) is 0 Å². The topological polar surface area (TPSA) is 57.6 Å². The van der Waals surface area contributed by atoms with E-state index in [4.69, 9.17) is 5.11 Å². The van der Waals surface area contributed by atoms with Gasteiger partial charge in [0, 0.05) is 13.6 Å². The van der Waals surface area contributed by atoms with E-state index >= 15 is 0 Å². The highest BCUT2D eigenvalue weighted by atomic mass is 32.2. The molecule has 0 amide bonds. The molecule has 15 heavy (non-hydrogen) atoms. The third kappa shape index (κ3) is 2.78. The molecular formula is C9H15NO3S2. The molecule has 0 aromatic carbocycles. The molecule has 0 fully saturated rings. The molecule has 0 aliphatic rings. The van der Waals surface area contributed by atoms with Gasteiger partial charge in [-0.05, 0) is 23.4 Å². The van der Waals surface area contributed by atoms with Gasteiger partial charge in [-0.25, -0.2) is 12.7 Å². The monoisotopic (exact) mass is 249 g/mol. The van der Waals surface area contributed by atoms with Crippen molar-refractivity contribution in [3.05, 3.63) is 17.0 Å². The summed E-state index contributed by atoms with van der Waals surface area (Å²) < 4.78 is 25.4. The summed E-state index contributed by atoms with van der Waals surface area (Å²) in [7, 11) is -1.78. The van der Waals surface area contributed by atoms with Crippen LogP contribution in [-0.4, -0.2) is 31.4 Å². The fourth-order valence-corrected chi connectivity index (χ4v) is 3.83. The van der Waals surface area contributed by atoms with Gasteiger partial charge in [-0.15, -0.1) is 11.3 Å². The van der Waals surface area contributed by atoms with E-state index < -0.39 is 10.0 Å². The smallest absolute Gasteiger partial charge is 0.252 e.